The minimum Gasteiger partial charge on any atom is -0.311 e. The summed E-state index contributed by atoms with van der Waals surface area (Å²) in [6.45, 7) is 4.84. The van der Waals surface area contributed by atoms with E-state index in [9.17, 15) is 10.1 Å². The number of nitrogens with zero attached hydrogens (tertiary/aromatic N) is 1. The summed E-state index contributed by atoms with van der Waals surface area (Å²) in [5.41, 5.74) is 0.585. The second-order valence-electron chi connectivity index (χ2n) is 3.67. The maximum Gasteiger partial charge on any atom is 0.276 e. The molecule has 0 aromatic heterocycles. The van der Waals surface area contributed by atoms with Crippen LogP contribution >= 0.6 is 11.6 Å². The van der Waals surface area contributed by atoms with Crippen LogP contribution in [-0.4, -0.2) is 17.5 Å². The first-order chi connectivity index (χ1) is 8.04. The zero-order chi connectivity index (χ0) is 12.8. The molecule has 0 aliphatic carbocycles. The second kappa shape index (κ2) is 6.37. The van der Waals surface area contributed by atoms with Crippen molar-refractivity contribution < 1.29 is 4.92 Å². The minimum atomic E-state index is -0.409. The van der Waals surface area contributed by atoms with Crippen LogP contribution in [0.15, 0.2) is 24.3 Å². The lowest BCUT2D eigenvalue weighted by Gasteiger charge is -2.06. The van der Waals surface area contributed by atoms with Gasteiger partial charge in [0, 0.05) is 17.1 Å². The number of benzene rings is 1. The molecule has 5 heteroatoms. The van der Waals surface area contributed by atoms with Crippen LogP contribution in [0.3, 0.4) is 0 Å². The highest BCUT2D eigenvalue weighted by Gasteiger charge is 2.11. The summed E-state index contributed by atoms with van der Waals surface area (Å²) >= 11 is 5.83. The molecule has 1 aromatic rings. The van der Waals surface area contributed by atoms with Crippen LogP contribution in [0.1, 0.15) is 19.4 Å². The first kappa shape index (κ1) is 13.7. The summed E-state index contributed by atoms with van der Waals surface area (Å²) < 4.78 is 0. The van der Waals surface area contributed by atoms with E-state index in [0.717, 1.165) is 6.54 Å². The number of hydrogen-bond acceptors (Lipinski definition) is 3. The number of likely N-dealkylation sites (N-methyl/N-ethyl adjacent to an activating group) is 1. The lowest BCUT2D eigenvalue weighted by atomic mass is 10.1. The Labute approximate surface area is 105 Å². The van der Waals surface area contributed by atoms with Gasteiger partial charge in [-0.1, -0.05) is 30.7 Å². The molecule has 17 heavy (non-hydrogen) atoms. The Balaban J connectivity index is 2.96. The van der Waals surface area contributed by atoms with Crippen molar-refractivity contribution in [2.45, 2.75) is 19.9 Å². The third-order valence-corrected chi connectivity index (χ3v) is 2.51. The molecule has 1 N–H and O–H groups in total. The van der Waals surface area contributed by atoms with Gasteiger partial charge in [0.25, 0.3) is 5.69 Å². The van der Waals surface area contributed by atoms with Gasteiger partial charge in [-0.15, -0.1) is 0 Å². The predicted octanol–water partition coefficient (Wildman–Crippen LogP) is 3.26. The fraction of sp³-hybridized carbons (Fsp3) is 0.333. The van der Waals surface area contributed by atoms with Crippen LogP contribution in [0, 0.1) is 10.1 Å². The van der Waals surface area contributed by atoms with E-state index >= 15 is 0 Å². The Morgan fingerprint density at radius 3 is 2.88 bits per heavy atom. The van der Waals surface area contributed by atoms with Crippen molar-refractivity contribution in [3.05, 3.63) is 45.0 Å². The van der Waals surface area contributed by atoms with E-state index in [0.29, 0.717) is 10.6 Å². The van der Waals surface area contributed by atoms with Crippen molar-refractivity contribution in [3.8, 4) is 0 Å². The highest BCUT2D eigenvalue weighted by atomic mass is 35.5. The molecule has 0 heterocycles. The quantitative estimate of drug-likeness (QED) is 0.648. The molecule has 0 saturated carbocycles. The normalized spacial score (nSPS) is 12.9. The topological polar surface area (TPSA) is 55.2 Å². The molecule has 1 rings (SSSR count). The monoisotopic (exact) mass is 254 g/mol. The van der Waals surface area contributed by atoms with Gasteiger partial charge in [0.1, 0.15) is 0 Å². The molecule has 0 saturated heterocycles. The Bertz CT molecular complexity index is 433. The van der Waals surface area contributed by atoms with E-state index in [-0.39, 0.29) is 11.7 Å². The lowest BCUT2D eigenvalue weighted by molar-refractivity contribution is -0.385. The first-order valence-corrected chi connectivity index (χ1v) is 5.78. The SMILES string of the molecule is CCNC(C)/C=C/c1cc(Cl)ccc1[N+](=O)[O-]. The number of nitro groups is 1. The number of hydrogen-bond donors (Lipinski definition) is 1. The average Bonchev–Trinajstić information content (AvgIpc) is 2.26. The Kier molecular flexibility index (Phi) is 5.12. The van der Waals surface area contributed by atoms with Crippen molar-refractivity contribution in [1.82, 2.24) is 5.32 Å². The van der Waals surface area contributed by atoms with E-state index in [2.05, 4.69) is 5.32 Å². The van der Waals surface area contributed by atoms with Crippen molar-refractivity contribution in [2.75, 3.05) is 6.54 Å². The third kappa shape index (κ3) is 4.17. The number of rotatable bonds is 5. The summed E-state index contributed by atoms with van der Waals surface area (Å²) in [5.74, 6) is 0. The van der Waals surface area contributed by atoms with Crippen molar-refractivity contribution in [1.29, 1.82) is 0 Å². The van der Waals surface area contributed by atoms with Gasteiger partial charge in [0.2, 0.25) is 0 Å². The van der Waals surface area contributed by atoms with Crippen molar-refractivity contribution >= 4 is 23.4 Å². The Morgan fingerprint density at radius 2 is 2.29 bits per heavy atom. The van der Waals surface area contributed by atoms with Gasteiger partial charge in [-0.05, 0) is 25.6 Å². The van der Waals surface area contributed by atoms with Crippen LogP contribution in [0.25, 0.3) is 6.08 Å². The molecule has 0 amide bonds. The zero-order valence-corrected chi connectivity index (χ0v) is 10.6. The zero-order valence-electron chi connectivity index (χ0n) is 9.81. The van der Waals surface area contributed by atoms with Gasteiger partial charge < -0.3 is 5.32 Å². The number of halogens is 1. The van der Waals surface area contributed by atoms with E-state index in [4.69, 9.17) is 11.6 Å². The van der Waals surface area contributed by atoms with E-state index in [1.54, 1.807) is 12.1 Å². The van der Waals surface area contributed by atoms with Crippen LogP contribution in [0.4, 0.5) is 5.69 Å². The molecule has 0 radical (unpaired) electrons. The molecule has 0 bridgehead atoms. The minimum absolute atomic E-state index is 0.0642. The molecule has 1 unspecified atom stereocenters. The average molecular weight is 255 g/mol. The Hall–Kier alpha value is -1.39. The van der Waals surface area contributed by atoms with Crippen LogP contribution < -0.4 is 5.32 Å². The van der Waals surface area contributed by atoms with Crippen molar-refractivity contribution in [3.63, 3.8) is 0 Å². The molecular weight excluding hydrogens is 240 g/mol. The molecule has 0 spiro atoms. The van der Waals surface area contributed by atoms with Crippen LogP contribution in [0.2, 0.25) is 5.02 Å². The van der Waals surface area contributed by atoms with Gasteiger partial charge in [-0.25, -0.2) is 0 Å². The number of nitro benzene ring substituents is 1. The molecule has 92 valence electrons. The summed E-state index contributed by atoms with van der Waals surface area (Å²) in [7, 11) is 0. The highest BCUT2D eigenvalue weighted by Crippen LogP contribution is 2.23. The van der Waals surface area contributed by atoms with Gasteiger partial charge in [-0.3, -0.25) is 10.1 Å². The maximum absolute atomic E-state index is 10.8. The molecular formula is C12H15ClN2O2. The number of nitrogens with one attached hydrogen (secondary N) is 1. The highest BCUT2D eigenvalue weighted by molar-refractivity contribution is 6.30. The molecule has 1 atom stereocenters. The fourth-order valence-electron chi connectivity index (χ4n) is 1.46. The predicted molar refractivity (Wildman–Crippen MR) is 70.3 cm³/mol. The molecule has 4 nitrogen and oxygen atoms in total. The van der Waals surface area contributed by atoms with Crippen LogP contribution in [0.5, 0.6) is 0 Å². The maximum atomic E-state index is 10.8. The van der Waals surface area contributed by atoms with E-state index in [1.165, 1.54) is 12.1 Å². The first-order valence-electron chi connectivity index (χ1n) is 5.40. The third-order valence-electron chi connectivity index (χ3n) is 2.28. The molecule has 0 fully saturated rings. The Morgan fingerprint density at radius 1 is 1.59 bits per heavy atom. The van der Waals surface area contributed by atoms with Gasteiger partial charge >= 0.3 is 0 Å². The van der Waals surface area contributed by atoms with Crippen LogP contribution in [-0.2, 0) is 0 Å². The molecule has 1 aromatic carbocycles. The summed E-state index contributed by atoms with van der Waals surface area (Å²) in [5, 5.41) is 14.5. The van der Waals surface area contributed by atoms with E-state index < -0.39 is 4.92 Å². The summed E-state index contributed by atoms with van der Waals surface area (Å²) in [6.07, 6.45) is 3.60. The van der Waals surface area contributed by atoms with E-state index in [1.807, 2.05) is 19.9 Å². The smallest absolute Gasteiger partial charge is 0.276 e. The fourth-order valence-corrected chi connectivity index (χ4v) is 1.64. The van der Waals surface area contributed by atoms with Gasteiger partial charge in [0.05, 0.1) is 10.5 Å². The van der Waals surface area contributed by atoms with Gasteiger partial charge in [0.15, 0.2) is 0 Å². The lowest BCUT2D eigenvalue weighted by Crippen LogP contribution is -2.22. The summed E-state index contributed by atoms with van der Waals surface area (Å²) in [6, 6.07) is 4.69. The molecule has 0 aliphatic rings. The molecule has 0 aliphatic heterocycles. The second-order valence-corrected chi connectivity index (χ2v) is 4.10. The summed E-state index contributed by atoms with van der Waals surface area (Å²) in [4.78, 5) is 10.4. The van der Waals surface area contributed by atoms with Crippen molar-refractivity contribution in [2.24, 2.45) is 0 Å². The standard InChI is InChI=1S/C12H15ClN2O2/c1-3-14-9(2)4-5-10-8-11(13)6-7-12(10)15(16)17/h4-9,14H,3H2,1-2H3/b5-4+. The largest absolute Gasteiger partial charge is 0.311 e. The van der Waals surface area contributed by atoms with Gasteiger partial charge in [-0.2, -0.15) is 0 Å².